The quantitative estimate of drug-likeness (QED) is 0.313. The van der Waals surface area contributed by atoms with Crippen molar-refractivity contribution in [2.45, 2.75) is 100 Å². The lowest BCUT2D eigenvalue weighted by atomic mass is 10.1. The zero-order valence-electron chi connectivity index (χ0n) is 26.6. The van der Waals surface area contributed by atoms with Gasteiger partial charge in [0.25, 0.3) is 0 Å². The fraction of sp³-hybridized carbons (Fsp3) is 1.00. The fourth-order valence-electron chi connectivity index (χ4n) is 3.88. The standard InChI is InChI=1S/2C9H19N.2C2F6NO4S2/c2*1-2-3-7-10-8-5-4-6-9-10;2*3-1(4,5)14(10,11)9-15(12,13)2(6,7)8/h2*2-9H2,1H3;;/q;;2*-1/p+2. The van der Waals surface area contributed by atoms with E-state index < -0.39 is 62.1 Å². The molecule has 0 unspecified atom stereocenters. The molecule has 0 aromatic carbocycles. The second-order valence-corrected chi connectivity index (χ2v) is 17.5. The topological polar surface area (TPSA) is 174 Å². The van der Waals surface area contributed by atoms with Gasteiger partial charge in [-0.1, -0.05) is 26.7 Å². The van der Waals surface area contributed by atoms with Crippen LogP contribution in [0.3, 0.4) is 0 Å². The van der Waals surface area contributed by atoms with E-state index in [1.165, 1.54) is 103 Å². The first kappa shape index (κ1) is 50.9. The number of nitrogens with zero attached hydrogens (tertiary/aromatic N) is 2. The van der Waals surface area contributed by atoms with Crippen molar-refractivity contribution < 1.29 is 96.2 Å². The van der Waals surface area contributed by atoms with Crippen LogP contribution in [0.5, 0.6) is 0 Å². The van der Waals surface area contributed by atoms with E-state index in [0.29, 0.717) is 0 Å². The van der Waals surface area contributed by atoms with Crippen LogP contribution < -0.4 is 9.80 Å². The number of rotatable bonds is 10. The zero-order chi connectivity index (χ0) is 39.9. The highest BCUT2D eigenvalue weighted by atomic mass is 32.3. The number of likely N-dealkylation sites (tertiary alicyclic amines) is 2. The normalized spacial score (nSPS) is 17.7. The molecule has 2 N–H and O–H groups in total. The van der Waals surface area contributed by atoms with Crippen LogP contribution in [0.15, 0.2) is 0 Å². The molecule has 0 saturated carbocycles. The van der Waals surface area contributed by atoms with Gasteiger partial charge >= 0.3 is 22.0 Å². The number of piperidine rings is 2. The van der Waals surface area contributed by atoms with E-state index in [4.69, 9.17) is 0 Å². The molecule has 2 aliphatic rings. The molecule has 28 heteroatoms. The molecule has 2 aliphatic heterocycles. The third-order valence-electron chi connectivity index (χ3n) is 6.45. The Bertz CT molecular complexity index is 1210. The van der Waals surface area contributed by atoms with Crippen LogP contribution in [0.4, 0.5) is 52.7 Å². The minimum atomic E-state index is -6.72. The molecular weight excluding hydrogens is 805 g/mol. The number of hydrogen-bond donors (Lipinski definition) is 2. The third-order valence-corrected chi connectivity index (χ3v) is 11.9. The Labute approximate surface area is 283 Å². The van der Waals surface area contributed by atoms with E-state index in [1.807, 2.05) is 9.80 Å². The van der Waals surface area contributed by atoms with Gasteiger partial charge in [-0.25, -0.2) is 33.7 Å². The number of halogens is 12. The fourth-order valence-corrected chi connectivity index (χ4v) is 7.30. The van der Waals surface area contributed by atoms with Crippen molar-refractivity contribution in [2.24, 2.45) is 0 Å². The van der Waals surface area contributed by atoms with Crippen LogP contribution in [-0.4, -0.2) is 95.0 Å². The van der Waals surface area contributed by atoms with Crippen LogP contribution in [0.25, 0.3) is 8.25 Å². The minimum absolute atomic E-state index is 0.778. The number of hydrogen-bond acceptors (Lipinski definition) is 8. The predicted molar refractivity (Wildman–Crippen MR) is 155 cm³/mol. The molecule has 0 amide bonds. The van der Waals surface area contributed by atoms with Gasteiger partial charge < -0.3 is 18.1 Å². The van der Waals surface area contributed by atoms with Gasteiger partial charge in [-0.2, -0.15) is 52.7 Å². The summed E-state index contributed by atoms with van der Waals surface area (Å²) in [5, 5.41) is 0. The lowest BCUT2D eigenvalue weighted by molar-refractivity contribution is -0.905. The molecule has 0 spiro atoms. The Balaban J connectivity index is 0. The van der Waals surface area contributed by atoms with E-state index in [1.54, 1.807) is 0 Å². The van der Waals surface area contributed by atoms with Crippen LogP contribution >= 0.6 is 0 Å². The third kappa shape index (κ3) is 19.6. The van der Waals surface area contributed by atoms with E-state index in [2.05, 4.69) is 13.8 Å². The van der Waals surface area contributed by atoms with Crippen molar-refractivity contribution in [3.8, 4) is 0 Å². The summed E-state index contributed by atoms with van der Waals surface area (Å²) < 4.78 is 218. The maximum absolute atomic E-state index is 11.4. The van der Waals surface area contributed by atoms with E-state index in [0.717, 1.165) is 8.25 Å². The van der Waals surface area contributed by atoms with Crippen LogP contribution in [0.1, 0.15) is 78.1 Å². The highest BCUT2D eigenvalue weighted by molar-refractivity contribution is 8.13. The van der Waals surface area contributed by atoms with E-state index >= 15 is 0 Å². The molecule has 0 aromatic rings. The van der Waals surface area contributed by atoms with Gasteiger partial charge in [-0.3, -0.25) is 0 Å². The molecule has 0 bridgehead atoms. The minimum Gasteiger partial charge on any atom is -0.421 e. The first-order chi connectivity index (χ1) is 22.3. The summed E-state index contributed by atoms with van der Waals surface area (Å²) in [6.45, 7) is 13.2. The summed E-state index contributed by atoms with van der Waals surface area (Å²) in [6.07, 6.45) is 14.4. The average Bonchev–Trinajstić information content (AvgIpc) is 2.94. The Morgan fingerprint density at radius 3 is 0.780 bits per heavy atom. The lowest BCUT2D eigenvalue weighted by Gasteiger charge is -2.22. The molecule has 2 rings (SSSR count). The van der Waals surface area contributed by atoms with Gasteiger partial charge in [0.2, 0.25) is 0 Å². The number of alkyl halides is 12. The highest BCUT2D eigenvalue weighted by Gasteiger charge is 2.48. The number of unbranched alkanes of at least 4 members (excludes halogenated alkanes) is 2. The van der Waals surface area contributed by atoms with Crippen LogP contribution in [-0.2, 0) is 40.1 Å². The Morgan fingerprint density at radius 2 is 0.620 bits per heavy atom. The molecule has 2 heterocycles. The first-order valence-corrected chi connectivity index (χ1v) is 20.4. The van der Waals surface area contributed by atoms with Crippen LogP contribution in [0, 0.1) is 0 Å². The Hall–Kier alpha value is -1.20. The largest absolute Gasteiger partial charge is 0.480 e. The molecular formula is C22H40F12N4O8S4. The molecule has 0 aromatic heterocycles. The maximum Gasteiger partial charge on any atom is 0.480 e. The second kappa shape index (κ2) is 20.9. The summed E-state index contributed by atoms with van der Waals surface area (Å²) in [5.74, 6) is 0. The Morgan fingerprint density at radius 1 is 0.420 bits per heavy atom. The van der Waals surface area contributed by atoms with Gasteiger partial charge in [-0.15, -0.1) is 0 Å². The summed E-state index contributed by atoms with van der Waals surface area (Å²) in [7, 11) is -26.9. The molecule has 0 atom stereocenters. The molecule has 2 saturated heterocycles. The van der Waals surface area contributed by atoms with Crippen molar-refractivity contribution >= 4 is 40.1 Å². The van der Waals surface area contributed by atoms with Gasteiger partial charge in [0.1, 0.15) is 0 Å². The Kier molecular flexibility index (Phi) is 21.3. The van der Waals surface area contributed by atoms with Gasteiger partial charge in [-0.05, 0) is 51.4 Å². The molecule has 0 radical (unpaired) electrons. The lowest BCUT2D eigenvalue weighted by Crippen LogP contribution is -3.12. The molecule has 0 aliphatic carbocycles. The summed E-state index contributed by atoms with van der Waals surface area (Å²) in [5.41, 5.74) is -24.8. The van der Waals surface area contributed by atoms with Crippen molar-refractivity contribution in [1.29, 1.82) is 0 Å². The van der Waals surface area contributed by atoms with Crippen molar-refractivity contribution in [2.75, 3.05) is 39.3 Å². The van der Waals surface area contributed by atoms with Crippen molar-refractivity contribution in [1.82, 2.24) is 0 Å². The van der Waals surface area contributed by atoms with Crippen LogP contribution in [0.2, 0.25) is 0 Å². The van der Waals surface area contributed by atoms with E-state index in [9.17, 15) is 86.4 Å². The molecule has 304 valence electrons. The number of quaternary nitrogens is 2. The molecule has 50 heavy (non-hydrogen) atoms. The van der Waals surface area contributed by atoms with E-state index in [-0.39, 0.29) is 0 Å². The maximum atomic E-state index is 11.4. The summed E-state index contributed by atoms with van der Waals surface area (Å²) in [4.78, 5) is 3.71. The predicted octanol–water partition coefficient (Wildman–Crippen LogP) is 3.83. The van der Waals surface area contributed by atoms with Gasteiger partial charge in [0, 0.05) is 0 Å². The SMILES string of the molecule is CCCC[NH+]1CCCCC1.CCCC[NH+]1CCCCC1.O=S(=O)([N-]S(=O)(=O)C(F)(F)F)C(F)(F)F.O=S(=O)([N-]S(=O)(=O)C(F)(F)F)C(F)(F)F. The highest BCUT2D eigenvalue weighted by Crippen LogP contribution is 2.37. The monoisotopic (exact) mass is 844 g/mol. The number of sulfonamides is 4. The first-order valence-electron chi connectivity index (χ1n) is 14.7. The van der Waals surface area contributed by atoms with Gasteiger partial charge in [0.05, 0.1) is 39.3 Å². The number of nitrogens with one attached hydrogen (secondary N) is 2. The zero-order valence-corrected chi connectivity index (χ0v) is 29.9. The van der Waals surface area contributed by atoms with Gasteiger partial charge in [0.15, 0.2) is 40.1 Å². The summed E-state index contributed by atoms with van der Waals surface area (Å²) in [6, 6.07) is 0. The smallest absolute Gasteiger partial charge is 0.421 e. The summed E-state index contributed by atoms with van der Waals surface area (Å²) >= 11 is 0. The molecule has 2 fully saturated rings. The van der Waals surface area contributed by atoms with Crippen molar-refractivity contribution in [3.05, 3.63) is 8.25 Å². The average molecular weight is 845 g/mol. The second-order valence-electron chi connectivity index (χ2n) is 10.7. The molecule has 12 nitrogen and oxygen atoms in total. The van der Waals surface area contributed by atoms with Crippen molar-refractivity contribution in [3.63, 3.8) is 0 Å².